The molecule has 1 aromatic carbocycles. The zero-order chi connectivity index (χ0) is 22.1. The Balaban J connectivity index is 0.00000341. The second kappa shape index (κ2) is 10.0. The van der Waals surface area contributed by atoms with E-state index in [4.69, 9.17) is 17.3 Å². The number of alkyl halides is 1. The van der Waals surface area contributed by atoms with Crippen molar-refractivity contribution in [1.82, 2.24) is 10.0 Å². The van der Waals surface area contributed by atoms with Gasteiger partial charge < -0.3 is 11.1 Å². The maximum absolute atomic E-state index is 14.9. The van der Waals surface area contributed by atoms with E-state index in [0.29, 0.717) is 11.1 Å². The molecule has 172 valence electrons. The first-order valence-corrected chi connectivity index (χ1v) is 11.8. The molecule has 0 aromatic heterocycles. The average molecular weight is 492 g/mol. The lowest BCUT2D eigenvalue weighted by Crippen LogP contribution is -2.42. The summed E-state index contributed by atoms with van der Waals surface area (Å²) in [7, 11) is -4.03. The summed E-state index contributed by atoms with van der Waals surface area (Å²) in [6.45, 7) is 5.12. The smallest absolute Gasteiger partial charge is 0.243 e. The minimum absolute atomic E-state index is 0. The third kappa shape index (κ3) is 5.49. The number of nitrogens with two attached hydrogens (primary N) is 1. The molecule has 0 spiro atoms. The van der Waals surface area contributed by atoms with Gasteiger partial charge in [-0.1, -0.05) is 24.3 Å². The summed E-state index contributed by atoms with van der Waals surface area (Å²) in [5.41, 5.74) is 6.32. The summed E-state index contributed by atoms with van der Waals surface area (Å²) in [6, 6.07) is 3.56. The van der Waals surface area contributed by atoms with Gasteiger partial charge in [-0.05, 0) is 69.0 Å². The molecule has 0 radical (unpaired) electrons. The molecule has 3 rings (SSSR count). The second-order valence-corrected chi connectivity index (χ2v) is 10.5. The van der Waals surface area contributed by atoms with E-state index in [1.54, 1.807) is 25.2 Å². The van der Waals surface area contributed by atoms with Crippen molar-refractivity contribution < 1.29 is 17.6 Å². The summed E-state index contributed by atoms with van der Waals surface area (Å²) < 4.78 is 43.1. The van der Waals surface area contributed by atoms with Crippen molar-refractivity contribution in [3.8, 4) is 0 Å². The van der Waals surface area contributed by atoms with Gasteiger partial charge in [0.1, 0.15) is 10.7 Å². The van der Waals surface area contributed by atoms with Crippen LogP contribution in [0.15, 0.2) is 41.3 Å². The van der Waals surface area contributed by atoms with Crippen LogP contribution in [0.4, 0.5) is 4.39 Å². The molecule has 1 aliphatic heterocycles. The fourth-order valence-corrected chi connectivity index (χ4v) is 5.87. The summed E-state index contributed by atoms with van der Waals surface area (Å²) in [5.74, 6) is -2.04. The van der Waals surface area contributed by atoms with Crippen LogP contribution in [0.2, 0.25) is 0 Å². The van der Waals surface area contributed by atoms with Crippen LogP contribution in [0, 0.1) is 17.7 Å². The minimum Gasteiger partial charge on any atom is -0.369 e. The van der Waals surface area contributed by atoms with Crippen LogP contribution in [0.3, 0.4) is 0 Å². The van der Waals surface area contributed by atoms with Gasteiger partial charge in [0, 0.05) is 6.04 Å². The van der Waals surface area contributed by atoms with Gasteiger partial charge in [-0.2, -0.15) is 0 Å². The quantitative estimate of drug-likeness (QED) is 0.532. The Kier molecular flexibility index (Phi) is 8.33. The molecule has 1 aromatic rings. The third-order valence-corrected chi connectivity index (χ3v) is 7.98. The Bertz CT molecular complexity index is 990. The molecule has 10 heteroatoms. The fourth-order valence-electron chi connectivity index (χ4n) is 4.15. The number of sulfonamides is 1. The zero-order valence-corrected chi connectivity index (χ0v) is 19.8. The normalized spacial score (nSPS) is 25.4. The third-order valence-electron chi connectivity index (χ3n) is 5.95. The fraction of sp³-hybridized carbons (Fsp3) is 0.476. The molecule has 0 bridgehead atoms. The van der Waals surface area contributed by atoms with Crippen LogP contribution in [0.5, 0.6) is 0 Å². The topological polar surface area (TPSA) is 101 Å². The molecule has 1 amide bonds. The van der Waals surface area contributed by atoms with E-state index in [-0.39, 0.29) is 24.4 Å². The summed E-state index contributed by atoms with van der Waals surface area (Å²) in [5, 5.41) is 3.24. The van der Waals surface area contributed by atoms with Crippen molar-refractivity contribution in [3.05, 3.63) is 47.8 Å². The van der Waals surface area contributed by atoms with Crippen LogP contribution in [-0.2, 0) is 14.8 Å². The predicted molar refractivity (Wildman–Crippen MR) is 123 cm³/mol. The van der Waals surface area contributed by atoms with Crippen LogP contribution >= 0.6 is 24.0 Å². The number of amides is 1. The average Bonchev–Trinajstić information content (AvgIpc) is 2.67. The number of carbonyl (C=O) groups is 1. The number of carbonyl (C=O) groups excluding carboxylic acids is 1. The SMILES string of the molecule is CC(NS(=O)(=O)c1ccc(C2=CC=CC(C(N)=O)C2(C)Cl)cc1F)C1CCNCC1.Cl. The van der Waals surface area contributed by atoms with E-state index in [0.717, 1.165) is 32.0 Å². The van der Waals surface area contributed by atoms with Crippen molar-refractivity contribution in [1.29, 1.82) is 0 Å². The van der Waals surface area contributed by atoms with Crippen molar-refractivity contribution >= 4 is 45.5 Å². The Hall–Kier alpha value is -1.45. The number of allylic oxidation sites excluding steroid dienone is 3. The lowest BCUT2D eigenvalue weighted by atomic mass is 9.79. The molecule has 3 atom stereocenters. The van der Waals surface area contributed by atoms with E-state index in [1.807, 2.05) is 6.92 Å². The van der Waals surface area contributed by atoms with Crippen LogP contribution in [0.1, 0.15) is 32.3 Å². The predicted octanol–water partition coefficient (Wildman–Crippen LogP) is 2.97. The zero-order valence-electron chi connectivity index (χ0n) is 17.4. The van der Waals surface area contributed by atoms with E-state index in [2.05, 4.69) is 10.0 Å². The molecule has 2 aliphatic rings. The molecule has 6 nitrogen and oxygen atoms in total. The number of nitrogens with one attached hydrogen (secondary N) is 2. The minimum atomic E-state index is -4.03. The number of piperidine rings is 1. The lowest BCUT2D eigenvalue weighted by Gasteiger charge is -2.33. The highest BCUT2D eigenvalue weighted by atomic mass is 35.5. The molecule has 1 saturated heterocycles. The lowest BCUT2D eigenvalue weighted by molar-refractivity contribution is -0.120. The monoisotopic (exact) mass is 491 g/mol. The Morgan fingerprint density at radius 1 is 1.35 bits per heavy atom. The van der Waals surface area contributed by atoms with Crippen molar-refractivity contribution in [2.24, 2.45) is 17.6 Å². The summed E-state index contributed by atoms with van der Waals surface area (Å²) >= 11 is 6.59. The first kappa shape index (κ1) is 25.8. The number of hydrogen-bond donors (Lipinski definition) is 3. The van der Waals surface area contributed by atoms with Crippen molar-refractivity contribution in [2.75, 3.05) is 13.1 Å². The van der Waals surface area contributed by atoms with Crippen LogP contribution in [0.25, 0.3) is 5.57 Å². The molecule has 4 N–H and O–H groups in total. The van der Waals surface area contributed by atoms with E-state index >= 15 is 0 Å². The molecule has 1 heterocycles. The first-order chi connectivity index (χ1) is 14.0. The molecule has 0 saturated carbocycles. The molecule has 3 unspecified atom stereocenters. The second-order valence-electron chi connectivity index (χ2n) is 8.06. The number of rotatable bonds is 6. The van der Waals surface area contributed by atoms with Gasteiger partial charge in [-0.25, -0.2) is 17.5 Å². The Morgan fingerprint density at radius 3 is 2.58 bits per heavy atom. The Labute approximate surface area is 193 Å². The van der Waals surface area contributed by atoms with Gasteiger partial charge in [0.2, 0.25) is 15.9 Å². The highest BCUT2D eigenvalue weighted by Gasteiger charge is 2.40. The van der Waals surface area contributed by atoms with Gasteiger partial charge in [0.15, 0.2) is 0 Å². The van der Waals surface area contributed by atoms with E-state index < -0.39 is 37.4 Å². The van der Waals surface area contributed by atoms with Crippen LogP contribution in [-0.4, -0.2) is 38.3 Å². The Morgan fingerprint density at radius 2 is 2.00 bits per heavy atom. The molecule has 31 heavy (non-hydrogen) atoms. The maximum atomic E-state index is 14.9. The van der Waals surface area contributed by atoms with Gasteiger partial charge >= 0.3 is 0 Å². The summed E-state index contributed by atoms with van der Waals surface area (Å²) in [6.07, 6.45) is 6.64. The van der Waals surface area contributed by atoms with E-state index in [9.17, 15) is 17.6 Å². The maximum Gasteiger partial charge on any atom is 0.243 e. The number of benzene rings is 1. The number of halogens is 3. The van der Waals surface area contributed by atoms with Gasteiger partial charge in [-0.15, -0.1) is 24.0 Å². The van der Waals surface area contributed by atoms with Crippen LogP contribution < -0.4 is 15.8 Å². The van der Waals surface area contributed by atoms with Crippen molar-refractivity contribution in [3.63, 3.8) is 0 Å². The largest absolute Gasteiger partial charge is 0.369 e. The molecule has 1 aliphatic carbocycles. The highest BCUT2D eigenvalue weighted by molar-refractivity contribution is 7.89. The van der Waals surface area contributed by atoms with Gasteiger partial charge in [-0.3, -0.25) is 4.79 Å². The number of hydrogen-bond acceptors (Lipinski definition) is 4. The number of primary amides is 1. The van der Waals surface area contributed by atoms with Crippen molar-refractivity contribution in [2.45, 2.75) is 42.5 Å². The van der Waals surface area contributed by atoms with E-state index in [1.165, 1.54) is 12.1 Å². The first-order valence-electron chi connectivity index (χ1n) is 9.94. The molecular formula is C21H28Cl2FN3O3S. The van der Waals surface area contributed by atoms with Gasteiger partial charge in [0.05, 0.1) is 10.8 Å². The summed E-state index contributed by atoms with van der Waals surface area (Å²) in [4.78, 5) is 10.1. The molecular weight excluding hydrogens is 464 g/mol. The standard InChI is InChI=1S/C21H27ClFN3O3S.ClH/c1-13(14-8-10-25-11-9-14)26-30(28,29)19-7-6-15(12-18(19)23)16-4-3-5-17(20(24)27)21(16,2)22;/h3-7,12-14,17,25-26H,8-11H2,1-2H3,(H2,24,27);1H. The molecule has 1 fully saturated rings. The highest BCUT2D eigenvalue weighted by Crippen LogP contribution is 2.42. The van der Waals surface area contributed by atoms with Gasteiger partial charge in [0.25, 0.3) is 0 Å².